The van der Waals surface area contributed by atoms with Crippen molar-refractivity contribution in [1.82, 2.24) is 0 Å². The molecule has 0 spiro atoms. The number of nitrogens with one attached hydrogen (secondary N) is 2. The van der Waals surface area contributed by atoms with E-state index in [9.17, 15) is 14.4 Å². The van der Waals surface area contributed by atoms with Crippen LogP contribution in [0, 0.1) is 0 Å². The molecule has 154 valence electrons. The number of rotatable bonds is 9. The number of anilines is 2. The van der Waals surface area contributed by atoms with Gasteiger partial charge in [-0.05, 0) is 48.2 Å². The summed E-state index contributed by atoms with van der Waals surface area (Å²) in [7, 11) is 0. The van der Waals surface area contributed by atoms with Gasteiger partial charge in [-0.25, -0.2) is 0 Å². The molecule has 2 aromatic carbocycles. The normalized spacial score (nSPS) is 10.3. The summed E-state index contributed by atoms with van der Waals surface area (Å²) in [4.78, 5) is 36.0. The Morgan fingerprint density at radius 1 is 0.862 bits per heavy atom. The Labute approximate surface area is 179 Å². The third-order valence-corrected chi connectivity index (χ3v) is 4.81. The zero-order valence-electron chi connectivity index (χ0n) is 16.6. The number of para-hydroxylation sites is 1. The van der Waals surface area contributed by atoms with Gasteiger partial charge < -0.3 is 15.4 Å². The largest absolute Gasteiger partial charge is 0.456 e. The Morgan fingerprint density at radius 3 is 2.24 bits per heavy atom. The number of carbonyl (C=O) groups is 3. The molecule has 0 bridgehead atoms. The fraction of sp³-hybridized carbons (Fsp3) is 0.318. The summed E-state index contributed by atoms with van der Waals surface area (Å²) in [6, 6.07) is 13.1. The van der Waals surface area contributed by atoms with Crippen LogP contribution in [0.4, 0.5) is 11.4 Å². The second-order valence-electron chi connectivity index (χ2n) is 6.42. The molecular formula is C22H25BrN2O4. The summed E-state index contributed by atoms with van der Waals surface area (Å²) in [6.07, 6.45) is 1.45. The second-order valence-corrected chi connectivity index (χ2v) is 7.34. The van der Waals surface area contributed by atoms with Crippen molar-refractivity contribution in [2.45, 2.75) is 39.5 Å². The zero-order valence-corrected chi connectivity index (χ0v) is 18.2. The van der Waals surface area contributed by atoms with Crippen molar-refractivity contribution in [1.29, 1.82) is 0 Å². The molecule has 0 saturated heterocycles. The topological polar surface area (TPSA) is 84.5 Å². The molecule has 0 radical (unpaired) electrons. The maximum absolute atomic E-state index is 12.1. The lowest BCUT2D eigenvalue weighted by atomic mass is 10.1. The van der Waals surface area contributed by atoms with Crippen LogP contribution in [0.25, 0.3) is 0 Å². The molecule has 0 heterocycles. The van der Waals surface area contributed by atoms with Gasteiger partial charge in [-0.2, -0.15) is 0 Å². The van der Waals surface area contributed by atoms with Crippen LogP contribution < -0.4 is 10.6 Å². The van der Waals surface area contributed by atoms with Gasteiger partial charge in [0.05, 0.1) is 6.42 Å². The average molecular weight is 461 g/mol. The number of amides is 2. The Balaban J connectivity index is 1.75. The van der Waals surface area contributed by atoms with Gasteiger partial charge in [0.2, 0.25) is 5.91 Å². The first kappa shape index (κ1) is 22.6. The number of hydrogen-bond donors (Lipinski definition) is 2. The van der Waals surface area contributed by atoms with E-state index in [-0.39, 0.29) is 18.7 Å². The minimum absolute atomic E-state index is 0.00873. The molecule has 0 atom stereocenters. The number of carbonyl (C=O) groups excluding carboxylic acids is 3. The molecule has 7 heteroatoms. The van der Waals surface area contributed by atoms with E-state index in [1.807, 2.05) is 50.2 Å². The van der Waals surface area contributed by atoms with Gasteiger partial charge in [-0.1, -0.05) is 48.0 Å². The average Bonchev–Trinajstić information content (AvgIpc) is 2.72. The van der Waals surface area contributed by atoms with Crippen LogP contribution in [0.3, 0.4) is 0 Å². The third kappa shape index (κ3) is 7.34. The summed E-state index contributed by atoms with van der Waals surface area (Å²) in [5, 5.41) is 5.54. The number of esters is 1. The highest BCUT2D eigenvalue weighted by Gasteiger charge is 2.13. The summed E-state index contributed by atoms with van der Waals surface area (Å²) in [6.45, 7) is 3.60. The van der Waals surface area contributed by atoms with Gasteiger partial charge >= 0.3 is 5.97 Å². The number of halogens is 1. The second kappa shape index (κ2) is 11.4. The summed E-state index contributed by atoms with van der Waals surface area (Å²) in [5.74, 6) is -1.28. The zero-order chi connectivity index (χ0) is 21.2. The Bertz CT molecular complexity index is 883. The van der Waals surface area contributed by atoms with Crippen molar-refractivity contribution >= 4 is 45.1 Å². The minimum atomic E-state index is -0.592. The molecule has 0 fully saturated rings. The fourth-order valence-electron chi connectivity index (χ4n) is 2.76. The van der Waals surface area contributed by atoms with Crippen LogP contribution in [0.15, 0.2) is 46.9 Å². The SMILES string of the molecule is CCc1ccccc1NC(=O)CCC(=O)OCC(=O)Nc1ccc(Br)cc1CC. The van der Waals surface area contributed by atoms with Crippen molar-refractivity contribution < 1.29 is 19.1 Å². The standard InChI is InChI=1S/C22H25BrN2O4/c1-3-15-7-5-6-8-18(15)24-20(26)11-12-22(28)29-14-21(27)25-19-10-9-17(23)13-16(19)4-2/h5-10,13H,3-4,11-12,14H2,1-2H3,(H,24,26)(H,25,27). The van der Waals surface area contributed by atoms with Crippen molar-refractivity contribution in [3.63, 3.8) is 0 Å². The lowest BCUT2D eigenvalue weighted by Crippen LogP contribution is -2.22. The summed E-state index contributed by atoms with van der Waals surface area (Å²) >= 11 is 3.40. The van der Waals surface area contributed by atoms with E-state index in [0.717, 1.165) is 34.1 Å². The molecule has 2 rings (SSSR count). The van der Waals surface area contributed by atoms with E-state index in [4.69, 9.17) is 4.74 Å². The number of ether oxygens (including phenoxy) is 1. The first-order valence-electron chi connectivity index (χ1n) is 9.54. The molecule has 0 aliphatic heterocycles. The minimum Gasteiger partial charge on any atom is -0.456 e. The highest BCUT2D eigenvalue weighted by atomic mass is 79.9. The van der Waals surface area contributed by atoms with E-state index >= 15 is 0 Å². The number of aryl methyl sites for hydroxylation is 2. The highest BCUT2D eigenvalue weighted by Crippen LogP contribution is 2.21. The quantitative estimate of drug-likeness (QED) is 0.540. The molecule has 0 aromatic heterocycles. The Kier molecular flexibility index (Phi) is 8.86. The monoisotopic (exact) mass is 460 g/mol. The van der Waals surface area contributed by atoms with Crippen molar-refractivity contribution in [3.05, 3.63) is 58.1 Å². The molecule has 0 aliphatic carbocycles. The molecule has 0 aliphatic rings. The lowest BCUT2D eigenvalue weighted by molar-refractivity contribution is -0.147. The van der Waals surface area contributed by atoms with Crippen molar-refractivity contribution in [3.8, 4) is 0 Å². The smallest absolute Gasteiger partial charge is 0.306 e. The van der Waals surface area contributed by atoms with Gasteiger partial charge in [0.25, 0.3) is 5.91 Å². The maximum atomic E-state index is 12.1. The van der Waals surface area contributed by atoms with Crippen LogP contribution in [0.2, 0.25) is 0 Å². The molecule has 2 N–H and O–H groups in total. The van der Waals surface area contributed by atoms with Gasteiger partial charge in [0, 0.05) is 22.3 Å². The molecule has 0 saturated carbocycles. The first-order chi connectivity index (χ1) is 13.9. The number of hydrogen-bond acceptors (Lipinski definition) is 4. The predicted molar refractivity (Wildman–Crippen MR) is 117 cm³/mol. The maximum Gasteiger partial charge on any atom is 0.306 e. The highest BCUT2D eigenvalue weighted by molar-refractivity contribution is 9.10. The molecule has 29 heavy (non-hydrogen) atoms. The molecule has 2 amide bonds. The summed E-state index contributed by atoms with van der Waals surface area (Å²) < 4.78 is 5.91. The molecule has 0 unspecified atom stereocenters. The van der Waals surface area contributed by atoms with Gasteiger partial charge in [-0.3, -0.25) is 14.4 Å². The van der Waals surface area contributed by atoms with E-state index in [1.54, 1.807) is 6.07 Å². The van der Waals surface area contributed by atoms with E-state index in [2.05, 4.69) is 26.6 Å². The van der Waals surface area contributed by atoms with Crippen molar-refractivity contribution in [2.24, 2.45) is 0 Å². The van der Waals surface area contributed by atoms with Crippen LogP contribution in [0.1, 0.15) is 37.8 Å². The first-order valence-corrected chi connectivity index (χ1v) is 10.3. The van der Waals surface area contributed by atoms with E-state index < -0.39 is 18.5 Å². The third-order valence-electron chi connectivity index (χ3n) is 4.32. The predicted octanol–water partition coefficient (Wildman–Crippen LogP) is 4.47. The number of benzene rings is 2. The Morgan fingerprint density at radius 2 is 1.52 bits per heavy atom. The van der Waals surface area contributed by atoms with E-state index in [0.29, 0.717) is 5.69 Å². The van der Waals surface area contributed by atoms with Gasteiger partial charge in [0.15, 0.2) is 6.61 Å². The molecular weight excluding hydrogens is 436 g/mol. The summed E-state index contributed by atoms with van der Waals surface area (Å²) in [5.41, 5.74) is 3.43. The van der Waals surface area contributed by atoms with E-state index in [1.165, 1.54) is 0 Å². The van der Waals surface area contributed by atoms with Crippen LogP contribution >= 0.6 is 15.9 Å². The van der Waals surface area contributed by atoms with Crippen molar-refractivity contribution in [2.75, 3.05) is 17.2 Å². The van der Waals surface area contributed by atoms with Crippen LogP contribution in [-0.2, 0) is 32.0 Å². The Hall–Kier alpha value is -2.67. The fourth-order valence-corrected chi connectivity index (χ4v) is 3.17. The van der Waals surface area contributed by atoms with Crippen LogP contribution in [-0.4, -0.2) is 24.4 Å². The lowest BCUT2D eigenvalue weighted by Gasteiger charge is -2.11. The van der Waals surface area contributed by atoms with Gasteiger partial charge in [-0.15, -0.1) is 0 Å². The molecule has 6 nitrogen and oxygen atoms in total. The van der Waals surface area contributed by atoms with Gasteiger partial charge in [0.1, 0.15) is 0 Å². The molecule has 2 aromatic rings. The van der Waals surface area contributed by atoms with Crippen LogP contribution in [0.5, 0.6) is 0 Å².